The van der Waals surface area contributed by atoms with Crippen LogP contribution in [0.2, 0.25) is 0 Å². The van der Waals surface area contributed by atoms with Gasteiger partial charge in [0.1, 0.15) is 11.8 Å². The van der Waals surface area contributed by atoms with Crippen molar-refractivity contribution in [3.8, 4) is 23.1 Å². The Morgan fingerprint density at radius 1 is 1.17 bits per heavy atom. The maximum absolute atomic E-state index is 13.0. The van der Waals surface area contributed by atoms with Crippen molar-refractivity contribution in [2.45, 2.75) is 33.4 Å². The smallest absolute Gasteiger partial charge is 0.435 e. The van der Waals surface area contributed by atoms with Crippen molar-refractivity contribution in [2.24, 2.45) is 11.8 Å². The fourth-order valence-corrected chi connectivity index (χ4v) is 3.26. The van der Waals surface area contributed by atoms with Crippen molar-refractivity contribution in [3.63, 3.8) is 0 Å². The zero-order chi connectivity index (χ0) is 21.2. The molecule has 3 aromatic rings. The molecule has 5 nitrogen and oxygen atoms in total. The molecule has 0 amide bonds. The van der Waals surface area contributed by atoms with Crippen molar-refractivity contribution >= 4 is 5.65 Å². The van der Waals surface area contributed by atoms with Crippen LogP contribution >= 0.6 is 0 Å². The fraction of sp³-hybridized carbons (Fsp3) is 0.381. The first kappa shape index (κ1) is 20.6. The van der Waals surface area contributed by atoms with Crippen LogP contribution < -0.4 is 4.74 Å². The second kappa shape index (κ2) is 8.11. The molecule has 0 N–H and O–H groups in total. The summed E-state index contributed by atoms with van der Waals surface area (Å²) < 4.78 is 45.9. The highest BCUT2D eigenvalue weighted by Gasteiger charge is 2.34. The minimum atomic E-state index is -4.56. The molecule has 8 heteroatoms. The van der Waals surface area contributed by atoms with Gasteiger partial charge in [0.05, 0.1) is 17.9 Å². The van der Waals surface area contributed by atoms with Crippen molar-refractivity contribution in [1.82, 2.24) is 14.6 Å². The molecule has 0 aliphatic heterocycles. The molecule has 2 heterocycles. The van der Waals surface area contributed by atoms with Gasteiger partial charge in [0.15, 0.2) is 11.3 Å². The van der Waals surface area contributed by atoms with Gasteiger partial charge in [0.2, 0.25) is 0 Å². The Labute approximate surface area is 166 Å². The zero-order valence-electron chi connectivity index (χ0n) is 16.4. The first-order valence-corrected chi connectivity index (χ1v) is 9.28. The standard InChI is InChI=1S/C21H21F3N4O/c1-13(2)8-14(3)12-29-18-5-4-15(9-16(18)11-25)17-6-7-26-20-10-19(21(22,23)24)27-28(17)20/h4-7,9-10,13-14H,8,12H2,1-3H3. The molecule has 3 rings (SSSR count). The van der Waals surface area contributed by atoms with Gasteiger partial charge in [-0.05, 0) is 42.5 Å². The lowest BCUT2D eigenvalue weighted by Crippen LogP contribution is -2.11. The Kier molecular flexibility index (Phi) is 5.78. The van der Waals surface area contributed by atoms with E-state index >= 15 is 0 Å². The highest BCUT2D eigenvalue weighted by molar-refractivity contribution is 5.66. The number of rotatable bonds is 6. The number of hydrogen-bond acceptors (Lipinski definition) is 4. The van der Waals surface area contributed by atoms with Crippen molar-refractivity contribution in [1.29, 1.82) is 5.26 Å². The van der Waals surface area contributed by atoms with Gasteiger partial charge >= 0.3 is 6.18 Å². The van der Waals surface area contributed by atoms with E-state index in [1.54, 1.807) is 24.3 Å². The third kappa shape index (κ3) is 4.67. The van der Waals surface area contributed by atoms with Gasteiger partial charge in [0, 0.05) is 17.8 Å². The van der Waals surface area contributed by atoms with Gasteiger partial charge in [-0.25, -0.2) is 9.50 Å². The number of alkyl halides is 3. The van der Waals surface area contributed by atoms with E-state index in [0.717, 1.165) is 17.0 Å². The lowest BCUT2D eigenvalue weighted by Gasteiger charge is -2.16. The molecule has 0 aliphatic rings. The maximum atomic E-state index is 13.0. The molecule has 2 aromatic heterocycles. The second-order valence-electron chi connectivity index (χ2n) is 7.50. The molecular formula is C21H21F3N4O. The van der Waals surface area contributed by atoms with Crippen LogP contribution in [0, 0.1) is 23.2 Å². The Bertz CT molecular complexity index is 1050. The number of benzene rings is 1. The van der Waals surface area contributed by atoms with Crippen LogP contribution in [-0.2, 0) is 6.18 Å². The van der Waals surface area contributed by atoms with Crippen molar-refractivity contribution in [3.05, 3.63) is 47.8 Å². The number of nitriles is 1. The van der Waals surface area contributed by atoms with Crippen LogP contribution in [-0.4, -0.2) is 21.2 Å². The molecule has 29 heavy (non-hydrogen) atoms. The van der Waals surface area contributed by atoms with Gasteiger partial charge in [0.25, 0.3) is 0 Å². The van der Waals surface area contributed by atoms with E-state index in [2.05, 4.69) is 36.9 Å². The minimum Gasteiger partial charge on any atom is -0.492 e. The van der Waals surface area contributed by atoms with Gasteiger partial charge in [-0.3, -0.25) is 0 Å². The van der Waals surface area contributed by atoms with E-state index in [9.17, 15) is 18.4 Å². The molecule has 0 fully saturated rings. The number of nitrogens with zero attached hydrogens (tertiary/aromatic N) is 4. The van der Waals surface area contributed by atoms with Crippen LogP contribution in [0.25, 0.3) is 16.9 Å². The predicted molar refractivity (Wildman–Crippen MR) is 102 cm³/mol. The quantitative estimate of drug-likeness (QED) is 0.558. The summed E-state index contributed by atoms with van der Waals surface area (Å²) in [7, 11) is 0. The summed E-state index contributed by atoms with van der Waals surface area (Å²) in [4.78, 5) is 3.94. The van der Waals surface area contributed by atoms with Crippen LogP contribution in [0.15, 0.2) is 36.5 Å². The SMILES string of the molecule is CC(C)CC(C)COc1ccc(-c2ccnc3cc(C(F)(F)F)nn23)cc1C#N. The van der Waals surface area contributed by atoms with E-state index in [-0.39, 0.29) is 5.65 Å². The summed E-state index contributed by atoms with van der Waals surface area (Å²) in [5.74, 6) is 1.34. The van der Waals surface area contributed by atoms with E-state index in [1.807, 2.05) is 0 Å². The number of fused-ring (bicyclic) bond motifs is 1. The van der Waals surface area contributed by atoms with E-state index < -0.39 is 11.9 Å². The van der Waals surface area contributed by atoms with Crippen molar-refractivity contribution < 1.29 is 17.9 Å². The number of ether oxygens (including phenoxy) is 1. The van der Waals surface area contributed by atoms with Gasteiger partial charge in [-0.2, -0.15) is 23.5 Å². The Morgan fingerprint density at radius 2 is 1.93 bits per heavy atom. The average molecular weight is 402 g/mol. The predicted octanol–water partition coefficient (Wildman–Crippen LogP) is 5.35. The van der Waals surface area contributed by atoms with Gasteiger partial charge < -0.3 is 4.74 Å². The fourth-order valence-electron chi connectivity index (χ4n) is 3.26. The largest absolute Gasteiger partial charge is 0.492 e. The number of aromatic nitrogens is 3. The third-order valence-electron chi connectivity index (χ3n) is 4.44. The highest BCUT2D eigenvalue weighted by Crippen LogP contribution is 2.31. The van der Waals surface area contributed by atoms with Gasteiger partial charge in [-0.15, -0.1) is 0 Å². The Balaban J connectivity index is 1.92. The van der Waals surface area contributed by atoms with E-state index in [4.69, 9.17) is 4.74 Å². The molecule has 1 aromatic carbocycles. The van der Waals surface area contributed by atoms with Crippen LogP contribution in [0.5, 0.6) is 5.75 Å². The number of halogens is 3. The third-order valence-corrected chi connectivity index (χ3v) is 4.44. The zero-order valence-corrected chi connectivity index (χ0v) is 16.4. The van der Waals surface area contributed by atoms with Crippen LogP contribution in [0.4, 0.5) is 13.2 Å². The van der Waals surface area contributed by atoms with E-state index in [0.29, 0.717) is 41.0 Å². The summed E-state index contributed by atoms with van der Waals surface area (Å²) in [6, 6.07) is 9.50. The summed E-state index contributed by atoms with van der Waals surface area (Å²) >= 11 is 0. The maximum Gasteiger partial charge on any atom is 0.435 e. The summed E-state index contributed by atoms with van der Waals surface area (Å²) in [6.45, 7) is 6.85. The first-order chi connectivity index (χ1) is 13.7. The van der Waals surface area contributed by atoms with E-state index in [1.165, 1.54) is 6.20 Å². The topological polar surface area (TPSA) is 63.2 Å². The molecule has 0 saturated carbocycles. The molecule has 0 aliphatic carbocycles. The Morgan fingerprint density at radius 3 is 2.59 bits per heavy atom. The monoisotopic (exact) mass is 402 g/mol. The molecule has 1 atom stereocenters. The summed E-state index contributed by atoms with van der Waals surface area (Å²) in [5.41, 5.74) is 0.329. The number of hydrogen-bond donors (Lipinski definition) is 0. The molecule has 152 valence electrons. The first-order valence-electron chi connectivity index (χ1n) is 9.28. The lowest BCUT2D eigenvalue weighted by atomic mass is 10.00. The molecule has 0 saturated heterocycles. The molecule has 0 bridgehead atoms. The van der Waals surface area contributed by atoms with Crippen LogP contribution in [0.3, 0.4) is 0 Å². The molecular weight excluding hydrogens is 381 g/mol. The summed E-state index contributed by atoms with van der Waals surface area (Å²) in [5, 5.41) is 13.2. The van der Waals surface area contributed by atoms with Crippen molar-refractivity contribution in [2.75, 3.05) is 6.61 Å². The van der Waals surface area contributed by atoms with Crippen LogP contribution in [0.1, 0.15) is 38.4 Å². The normalized spacial score (nSPS) is 12.9. The molecule has 0 spiro atoms. The van der Waals surface area contributed by atoms with Gasteiger partial charge in [-0.1, -0.05) is 20.8 Å². The highest BCUT2D eigenvalue weighted by atomic mass is 19.4. The minimum absolute atomic E-state index is 0.0798. The molecule has 1 unspecified atom stereocenters. The Hall–Kier alpha value is -3.08. The summed E-state index contributed by atoms with van der Waals surface area (Å²) in [6.07, 6.45) is -2.14. The lowest BCUT2D eigenvalue weighted by molar-refractivity contribution is -0.141. The average Bonchev–Trinajstić information content (AvgIpc) is 3.10. The molecule has 0 radical (unpaired) electrons. The second-order valence-corrected chi connectivity index (χ2v) is 7.50.